The molecule has 0 aliphatic heterocycles. The highest BCUT2D eigenvalue weighted by atomic mass is 35.5. The van der Waals surface area contributed by atoms with Gasteiger partial charge in [-0.05, 0) is 24.3 Å². The van der Waals surface area contributed by atoms with Gasteiger partial charge in [-0.3, -0.25) is 4.68 Å². The molecule has 3 nitrogen and oxygen atoms in total. The monoisotopic (exact) mass is 289 g/mol. The third-order valence-corrected chi connectivity index (χ3v) is 3.52. The van der Waals surface area contributed by atoms with Gasteiger partial charge in [-0.25, -0.2) is 4.39 Å². The molecule has 20 heavy (non-hydrogen) atoms. The molecular formula is C15H13ClFN3. The number of benzene rings is 2. The summed E-state index contributed by atoms with van der Waals surface area (Å²) in [4.78, 5) is 0. The Hall–Kier alpha value is -2.07. The molecule has 1 aromatic heterocycles. The molecule has 0 radical (unpaired) electrons. The number of anilines is 1. The summed E-state index contributed by atoms with van der Waals surface area (Å²) < 4.78 is 14.8. The minimum Gasteiger partial charge on any atom is -0.378 e. The number of rotatable bonds is 3. The quantitative estimate of drug-likeness (QED) is 0.790. The molecule has 0 atom stereocenters. The van der Waals surface area contributed by atoms with E-state index >= 15 is 0 Å². The average molecular weight is 290 g/mol. The van der Waals surface area contributed by atoms with Crippen LogP contribution in [0.25, 0.3) is 10.9 Å². The highest BCUT2D eigenvalue weighted by Crippen LogP contribution is 2.24. The lowest BCUT2D eigenvalue weighted by Crippen LogP contribution is -2.02. The van der Waals surface area contributed by atoms with Crippen molar-refractivity contribution in [3.8, 4) is 0 Å². The lowest BCUT2D eigenvalue weighted by molar-refractivity contribution is 0.628. The van der Waals surface area contributed by atoms with Crippen LogP contribution < -0.4 is 5.32 Å². The molecule has 0 aliphatic rings. The summed E-state index contributed by atoms with van der Waals surface area (Å²) in [7, 11) is 1.91. The van der Waals surface area contributed by atoms with E-state index in [1.807, 2.05) is 36.0 Å². The fraction of sp³-hybridized carbons (Fsp3) is 0.133. The van der Waals surface area contributed by atoms with Gasteiger partial charge in [0.15, 0.2) is 0 Å². The first-order valence-corrected chi connectivity index (χ1v) is 6.62. The highest BCUT2D eigenvalue weighted by molar-refractivity contribution is 6.33. The standard InChI is InChI=1S/C15H13ClFN3/c1-20-15-5-3-2-4-11(15)14(19-20)9-18-13-7-6-10(17)8-12(13)16/h2-8,18H,9H2,1H3. The summed E-state index contributed by atoms with van der Waals surface area (Å²) in [6, 6.07) is 12.3. The van der Waals surface area contributed by atoms with E-state index in [9.17, 15) is 4.39 Å². The molecule has 0 saturated carbocycles. The molecule has 2 aromatic carbocycles. The number of fused-ring (bicyclic) bond motifs is 1. The number of halogens is 2. The smallest absolute Gasteiger partial charge is 0.124 e. The number of aryl methyl sites for hydroxylation is 1. The molecule has 102 valence electrons. The van der Waals surface area contributed by atoms with Gasteiger partial charge in [0.05, 0.1) is 28.5 Å². The van der Waals surface area contributed by atoms with Crippen molar-refractivity contribution in [3.63, 3.8) is 0 Å². The van der Waals surface area contributed by atoms with Gasteiger partial charge in [-0.15, -0.1) is 0 Å². The van der Waals surface area contributed by atoms with Crippen molar-refractivity contribution < 1.29 is 4.39 Å². The van der Waals surface area contributed by atoms with Crippen molar-refractivity contribution in [1.82, 2.24) is 9.78 Å². The molecule has 0 fully saturated rings. The van der Waals surface area contributed by atoms with Crippen LogP contribution in [0, 0.1) is 5.82 Å². The van der Waals surface area contributed by atoms with E-state index in [4.69, 9.17) is 11.6 Å². The lowest BCUT2D eigenvalue weighted by Gasteiger charge is -2.07. The van der Waals surface area contributed by atoms with E-state index in [0.717, 1.165) is 16.6 Å². The van der Waals surface area contributed by atoms with Crippen LogP contribution in [0.15, 0.2) is 42.5 Å². The Labute approximate surface area is 121 Å². The van der Waals surface area contributed by atoms with E-state index in [0.29, 0.717) is 17.3 Å². The minimum atomic E-state index is -0.344. The number of hydrogen-bond donors (Lipinski definition) is 1. The number of aromatic nitrogens is 2. The van der Waals surface area contributed by atoms with Gasteiger partial charge in [0, 0.05) is 12.4 Å². The molecule has 0 bridgehead atoms. The highest BCUT2D eigenvalue weighted by Gasteiger charge is 2.08. The summed E-state index contributed by atoms with van der Waals surface area (Å²) in [5.74, 6) is -0.344. The summed E-state index contributed by atoms with van der Waals surface area (Å²) >= 11 is 5.99. The van der Waals surface area contributed by atoms with Crippen LogP contribution in [-0.2, 0) is 13.6 Å². The van der Waals surface area contributed by atoms with Crippen LogP contribution in [-0.4, -0.2) is 9.78 Å². The van der Waals surface area contributed by atoms with Crippen LogP contribution in [0.1, 0.15) is 5.69 Å². The van der Waals surface area contributed by atoms with Gasteiger partial charge in [-0.2, -0.15) is 5.10 Å². The van der Waals surface area contributed by atoms with E-state index in [-0.39, 0.29) is 5.82 Å². The Balaban J connectivity index is 1.87. The third-order valence-electron chi connectivity index (χ3n) is 3.21. The molecule has 5 heteroatoms. The van der Waals surface area contributed by atoms with Gasteiger partial charge in [0.1, 0.15) is 5.82 Å². The maximum Gasteiger partial charge on any atom is 0.124 e. The normalized spacial score (nSPS) is 10.9. The van der Waals surface area contributed by atoms with Gasteiger partial charge >= 0.3 is 0 Å². The number of nitrogens with zero attached hydrogens (tertiary/aromatic N) is 2. The van der Waals surface area contributed by atoms with Crippen molar-refractivity contribution in [3.05, 3.63) is 59.0 Å². The van der Waals surface area contributed by atoms with Crippen molar-refractivity contribution in [2.45, 2.75) is 6.54 Å². The second-order valence-corrected chi connectivity index (χ2v) is 4.97. The van der Waals surface area contributed by atoms with Crippen molar-refractivity contribution in [2.75, 3.05) is 5.32 Å². The first-order valence-electron chi connectivity index (χ1n) is 6.24. The van der Waals surface area contributed by atoms with Crippen LogP contribution >= 0.6 is 11.6 Å². The summed E-state index contributed by atoms with van der Waals surface area (Å²) in [5, 5.41) is 9.14. The van der Waals surface area contributed by atoms with E-state index in [1.54, 1.807) is 6.07 Å². The SMILES string of the molecule is Cn1nc(CNc2ccc(F)cc2Cl)c2ccccc21. The Morgan fingerprint density at radius 3 is 2.85 bits per heavy atom. The van der Waals surface area contributed by atoms with Crippen LogP contribution in [0.5, 0.6) is 0 Å². The van der Waals surface area contributed by atoms with Crippen LogP contribution in [0.2, 0.25) is 5.02 Å². The molecule has 0 saturated heterocycles. The summed E-state index contributed by atoms with van der Waals surface area (Å²) in [6.07, 6.45) is 0. The van der Waals surface area contributed by atoms with Gasteiger partial charge in [0.25, 0.3) is 0 Å². The zero-order valence-corrected chi connectivity index (χ0v) is 11.7. The topological polar surface area (TPSA) is 29.9 Å². The zero-order valence-electron chi connectivity index (χ0n) is 10.9. The first kappa shape index (κ1) is 12.9. The fourth-order valence-corrected chi connectivity index (χ4v) is 2.47. The minimum absolute atomic E-state index is 0.344. The summed E-state index contributed by atoms with van der Waals surface area (Å²) in [6.45, 7) is 0.534. The van der Waals surface area contributed by atoms with Gasteiger partial charge in [-0.1, -0.05) is 29.8 Å². The Kier molecular flexibility index (Phi) is 3.32. The molecule has 0 aliphatic carbocycles. The van der Waals surface area contributed by atoms with Crippen LogP contribution in [0.3, 0.4) is 0 Å². The molecule has 0 unspecified atom stereocenters. The number of nitrogens with one attached hydrogen (secondary N) is 1. The zero-order chi connectivity index (χ0) is 14.1. The predicted molar refractivity (Wildman–Crippen MR) is 79.5 cm³/mol. The maximum atomic E-state index is 13.0. The second kappa shape index (κ2) is 5.13. The summed E-state index contributed by atoms with van der Waals surface area (Å²) in [5.41, 5.74) is 2.71. The predicted octanol–water partition coefficient (Wildman–Crippen LogP) is 3.98. The van der Waals surface area contributed by atoms with Crippen molar-refractivity contribution in [2.24, 2.45) is 7.05 Å². The maximum absolute atomic E-state index is 13.0. The molecular weight excluding hydrogens is 277 g/mol. The lowest BCUT2D eigenvalue weighted by atomic mass is 10.2. The Morgan fingerprint density at radius 2 is 2.05 bits per heavy atom. The van der Waals surface area contributed by atoms with E-state index in [1.165, 1.54) is 12.1 Å². The molecule has 0 amide bonds. The third kappa shape index (κ3) is 2.34. The Morgan fingerprint density at radius 1 is 1.25 bits per heavy atom. The van der Waals surface area contributed by atoms with Crippen molar-refractivity contribution >= 4 is 28.2 Å². The van der Waals surface area contributed by atoms with Crippen molar-refractivity contribution in [1.29, 1.82) is 0 Å². The van der Waals surface area contributed by atoms with Crippen LogP contribution in [0.4, 0.5) is 10.1 Å². The fourth-order valence-electron chi connectivity index (χ4n) is 2.23. The molecule has 1 heterocycles. The van der Waals surface area contributed by atoms with Gasteiger partial charge in [0.2, 0.25) is 0 Å². The Bertz CT molecular complexity index is 767. The molecule has 3 rings (SSSR count). The first-order chi connectivity index (χ1) is 9.65. The molecule has 3 aromatic rings. The molecule has 1 N–H and O–H groups in total. The number of para-hydroxylation sites is 1. The molecule has 0 spiro atoms. The van der Waals surface area contributed by atoms with E-state index in [2.05, 4.69) is 10.4 Å². The van der Waals surface area contributed by atoms with E-state index < -0.39 is 0 Å². The second-order valence-electron chi connectivity index (χ2n) is 4.57. The number of hydrogen-bond acceptors (Lipinski definition) is 2. The van der Waals surface area contributed by atoms with Gasteiger partial charge < -0.3 is 5.32 Å². The average Bonchev–Trinajstić information content (AvgIpc) is 2.75. The largest absolute Gasteiger partial charge is 0.378 e.